The molecule has 0 aromatic carbocycles. The minimum atomic E-state index is -0.371. The molecule has 0 fully saturated rings. The lowest BCUT2D eigenvalue weighted by atomic mass is 10.2. The molecule has 1 heterocycles. The van der Waals surface area contributed by atoms with Gasteiger partial charge in [0.1, 0.15) is 0 Å². The van der Waals surface area contributed by atoms with Gasteiger partial charge in [0.25, 0.3) is 5.91 Å². The first-order valence-corrected chi connectivity index (χ1v) is 4.25. The lowest BCUT2D eigenvalue weighted by Crippen LogP contribution is -2.32. The number of hydrogen-bond acceptors (Lipinski definition) is 3. The van der Waals surface area contributed by atoms with Crippen molar-refractivity contribution in [3.8, 4) is 0 Å². The average molecular weight is 211 g/mol. The molecule has 1 aromatic heterocycles. The van der Waals surface area contributed by atoms with Gasteiger partial charge in [-0.1, -0.05) is 12.2 Å². The predicted molar refractivity (Wildman–Crippen MR) is 56.2 cm³/mol. The fraction of sp³-hybridized carbons (Fsp3) is 0.125. The van der Waals surface area contributed by atoms with Gasteiger partial charge >= 0.3 is 0 Å². The monoisotopic (exact) mass is 211 g/mol. The molecule has 0 radical (unpaired) electrons. The Morgan fingerprint density at radius 1 is 1.64 bits per heavy atom. The second-order valence-corrected chi connectivity index (χ2v) is 3.11. The summed E-state index contributed by atoms with van der Waals surface area (Å²) in [6.07, 6.45) is 1.40. The summed E-state index contributed by atoms with van der Waals surface area (Å²) in [4.78, 5) is 24.8. The molecule has 0 aliphatic rings. The summed E-state index contributed by atoms with van der Waals surface area (Å²) in [5.74, 6) is -0.371. The number of carbonyl (C=O) groups is 1. The predicted octanol–water partition coefficient (Wildman–Crippen LogP) is -0.609. The summed E-state index contributed by atoms with van der Waals surface area (Å²) < 4.78 is 0. The number of pyridine rings is 1. The van der Waals surface area contributed by atoms with Gasteiger partial charge in [0.15, 0.2) is 0 Å². The minimum Gasteiger partial charge on any atom is -0.392 e. The van der Waals surface area contributed by atoms with Crippen LogP contribution in [0, 0.1) is 0 Å². The zero-order valence-corrected chi connectivity index (χ0v) is 8.06. The first-order valence-electron chi connectivity index (χ1n) is 3.85. The van der Waals surface area contributed by atoms with Crippen LogP contribution in [0.3, 0.4) is 0 Å². The van der Waals surface area contributed by atoms with Crippen molar-refractivity contribution < 1.29 is 4.79 Å². The zero-order valence-electron chi connectivity index (χ0n) is 7.24. The van der Waals surface area contributed by atoms with Crippen LogP contribution in [-0.4, -0.2) is 22.4 Å². The highest BCUT2D eigenvalue weighted by Gasteiger charge is 2.04. The van der Waals surface area contributed by atoms with Crippen LogP contribution < -0.4 is 16.6 Å². The smallest absolute Gasteiger partial charge is 0.251 e. The van der Waals surface area contributed by atoms with E-state index in [0.29, 0.717) is 0 Å². The molecule has 0 aliphatic heterocycles. The van der Waals surface area contributed by atoms with E-state index < -0.39 is 0 Å². The minimum absolute atomic E-state index is 0.126. The molecule has 1 rings (SSSR count). The van der Waals surface area contributed by atoms with Crippen LogP contribution in [0.1, 0.15) is 10.4 Å². The molecule has 0 unspecified atom stereocenters. The molecular formula is C8H9N3O2S. The number of aromatic nitrogens is 1. The highest BCUT2D eigenvalue weighted by atomic mass is 32.1. The molecule has 5 nitrogen and oxygen atoms in total. The van der Waals surface area contributed by atoms with Gasteiger partial charge in [-0.25, -0.2) is 0 Å². The number of carbonyl (C=O) groups excluding carboxylic acids is 1. The quantitative estimate of drug-likeness (QED) is 0.582. The third-order valence-corrected chi connectivity index (χ3v) is 1.60. The molecule has 1 aromatic rings. The number of nitrogens with one attached hydrogen (secondary N) is 2. The van der Waals surface area contributed by atoms with Gasteiger partial charge in [0, 0.05) is 17.8 Å². The van der Waals surface area contributed by atoms with Crippen LogP contribution in [0.4, 0.5) is 0 Å². The molecule has 0 bridgehead atoms. The molecule has 74 valence electrons. The molecule has 1 amide bonds. The summed E-state index contributed by atoms with van der Waals surface area (Å²) in [6.45, 7) is 0.126. The lowest BCUT2D eigenvalue weighted by Gasteiger charge is -2.02. The Morgan fingerprint density at radius 3 is 2.93 bits per heavy atom. The maximum Gasteiger partial charge on any atom is 0.251 e. The van der Waals surface area contributed by atoms with Crippen molar-refractivity contribution in [2.75, 3.05) is 6.54 Å². The van der Waals surface area contributed by atoms with Crippen molar-refractivity contribution >= 4 is 23.1 Å². The molecule has 14 heavy (non-hydrogen) atoms. The molecule has 4 N–H and O–H groups in total. The zero-order chi connectivity index (χ0) is 10.6. The summed E-state index contributed by atoms with van der Waals surface area (Å²) in [7, 11) is 0. The first kappa shape index (κ1) is 10.4. The van der Waals surface area contributed by atoms with Crippen molar-refractivity contribution in [3.05, 3.63) is 34.2 Å². The highest BCUT2D eigenvalue weighted by molar-refractivity contribution is 7.80. The lowest BCUT2D eigenvalue weighted by molar-refractivity contribution is 0.0959. The molecule has 0 saturated carbocycles. The average Bonchev–Trinajstić information content (AvgIpc) is 2.14. The van der Waals surface area contributed by atoms with Gasteiger partial charge in [-0.15, -0.1) is 0 Å². The first-order chi connectivity index (χ1) is 6.59. The van der Waals surface area contributed by atoms with Crippen LogP contribution in [0.25, 0.3) is 0 Å². The highest BCUT2D eigenvalue weighted by Crippen LogP contribution is 1.91. The summed E-state index contributed by atoms with van der Waals surface area (Å²) in [5.41, 5.74) is 5.15. The number of H-pyrrole nitrogens is 1. The van der Waals surface area contributed by atoms with E-state index in [4.69, 9.17) is 5.73 Å². The third-order valence-electron chi connectivity index (χ3n) is 1.46. The SMILES string of the molecule is NC(=S)CNC(=O)c1cc[nH]c(=O)c1. The van der Waals surface area contributed by atoms with Gasteiger partial charge in [0.2, 0.25) is 5.56 Å². The number of nitrogens with two attached hydrogens (primary N) is 1. The largest absolute Gasteiger partial charge is 0.392 e. The van der Waals surface area contributed by atoms with Crippen LogP contribution in [0.5, 0.6) is 0 Å². The molecule has 0 atom stereocenters. The van der Waals surface area contributed by atoms with E-state index in [1.54, 1.807) is 0 Å². The van der Waals surface area contributed by atoms with E-state index in [1.165, 1.54) is 18.3 Å². The normalized spacial score (nSPS) is 9.43. The van der Waals surface area contributed by atoms with Crippen LogP contribution in [-0.2, 0) is 0 Å². The Kier molecular flexibility index (Phi) is 3.35. The topological polar surface area (TPSA) is 88.0 Å². The Hall–Kier alpha value is -1.69. The molecule has 0 aliphatic carbocycles. The van der Waals surface area contributed by atoms with Crippen molar-refractivity contribution in [3.63, 3.8) is 0 Å². The second-order valence-electron chi connectivity index (χ2n) is 2.59. The van der Waals surface area contributed by atoms with Crippen molar-refractivity contribution in [2.45, 2.75) is 0 Å². The Bertz CT molecular complexity index is 413. The van der Waals surface area contributed by atoms with Gasteiger partial charge in [0.05, 0.1) is 11.5 Å². The molecule has 0 saturated heterocycles. The number of thiocarbonyl (C=S) groups is 1. The van der Waals surface area contributed by atoms with Crippen molar-refractivity contribution in [1.82, 2.24) is 10.3 Å². The third kappa shape index (κ3) is 2.98. The van der Waals surface area contributed by atoms with E-state index in [0.717, 1.165) is 0 Å². The summed E-state index contributed by atoms with van der Waals surface area (Å²) in [5, 5.41) is 2.47. The Balaban J connectivity index is 2.70. The Labute approximate surface area is 85.3 Å². The molecule has 0 spiro atoms. The fourth-order valence-electron chi connectivity index (χ4n) is 0.855. The second kappa shape index (κ2) is 4.52. The van der Waals surface area contributed by atoms with Crippen molar-refractivity contribution in [1.29, 1.82) is 0 Å². The standard InChI is InChI=1S/C8H9N3O2S/c9-6(14)4-11-8(13)5-1-2-10-7(12)3-5/h1-3H,4H2,(H2,9,14)(H,10,12)(H,11,13). The number of aromatic amines is 1. The number of amides is 1. The number of hydrogen-bond donors (Lipinski definition) is 3. The van der Waals surface area contributed by atoms with E-state index in [9.17, 15) is 9.59 Å². The van der Waals surface area contributed by atoms with Gasteiger partial charge < -0.3 is 16.0 Å². The fourth-order valence-corrected chi connectivity index (χ4v) is 0.927. The summed E-state index contributed by atoms with van der Waals surface area (Å²) in [6, 6.07) is 2.70. The van der Waals surface area contributed by atoms with E-state index in [-0.39, 0.29) is 28.6 Å². The molecular weight excluding hydrogens is 202 g/mol. The maximum absolute atomic E-state index is 11.3. The number of rotatable bonds is 3. The van der Waals surface area contributed by atoms with E-state index in [1.807, 2.05) is 0 Å². The maximum atomic E-state index is 11.3. The van der Waals surface area contributed by atoms with Crippen LogP contribution in [0.15, 0.2) is 23.1 Å². The Morgan fingerprint density at radius 2 is 2.36 bits per heavy atom. The van der Waals surface area contributed by atoms with Crippen molar-refractivity contribution in [2.24, 2.45) is 5.73 Å². The van der Waals surface area contributed by atoms with Crippen LogP contribution >= 0.6 is 12.2 Å². The van der Waals surface area contributed by atoms with Gasteiger partial charge in [-0.3, -0.25) is 9.59 Å². The van der Waals surface area contributed by atoms with Gasteiger partial charge in [-0.05, 0) is 6.07 Å². The van der Waals surface area contributed by atoms with Gasteiger partial charge in [-0.2, -0.15) is 0 Å². The van der Waals surface area contributed by atoms with Crippen LogP contribution in [0.2, 0.25) is 0 Å². The van der Waals surface area contributed by atoms with E-state index >= 15 is 0 Å². The molecule has 6 heteroatoms. The summed E-state index contributed by atoms with van der Waals surface area (Å²) >= 11 is 4.58. The van der Waals surface area contributed by atoms with E-state index in [2.05, 4.69) is 22.5 Å².